The highest BCUT2D eigenvalue weighted by Gasteiger charge is 2.34. The first-order valence-electron chi connectivity index (χ1n) is 15.1. The number of thiophene rings is 1. The van der Waals surface area contributed by atoms with Gasteiger partial charge in [0.2, 0.25) is 5.91 Å². The highest BCUT2D eigenvalue weighted by Crippen LogP contribution is 2.39. The van der Waals surface area contributed by atoms with Gasteiger partial charge in [0, 0.05) is 58.3 Å². The van der Waals surface area contributed by atoms with Crippen LogP contribution in [0.4, 0.5) is 0 Å². The molecule has 0 unspecified atom stereocenters. The van der Waals surface area contributed by atoms with Crippen LogP contribution in [0.3, 0.4) is 0 Å². The topological polar surface area (TPSA) is 147 Å². The summed E-state index contributed by atoms with van der Waals surface area (Å²) in [5, 5.41) is 20.0. The van der Waals surface area contributed by atoms with Crippen LogP contribution in [-0.4, -0.2) is 85.9 Å². The Morgan fingerprint density at radius 2 is 1.72 bits per heavy atom. The number of fused-ring (bicyclic) bond motifs is 3. The fourth-order valence-corrected chi connectivity index (χ4v) is 7.22. The predicted octanol–water partition coefficient (Wildman–Crippen LogP) is 4.18. The van der Waals surface area contributed by atoms with Crippen LogP contribution >= 0.6 is 22.9 Å². The van der Waals surface area contributed by atoms with Crippen LogP contribution in [0, 0.1) is 32.6 Å². The van der Waals surface area contributed by atoms with Crippen LogP contribution in [0.2, 0.25) is 5.02 Å². The molecule has 3 N–H and O–H groups in total. The number of carbonyl (C=O) groups excluding carboxylic acids is 2. The molecule has 0 radical (unpaired) electrons. The van der Waals surface area contributed by atoms with E-state index in [0.717, 1.165) is 32.3 Å². The second kappa shape index (κ2) is 13.1. The zero-order valence-corrected chi connectivity index (χ0v) is 27.7. The number of carboxylic acid groups (broad SMARTS) is 1. The number of rotatable bonds is 5. The Kier molecular flexibility index (Phi) is 8.96. The van der Waals surface area contributed by atoms with Crippen molar-refractivity contribution in [3.8, 4) is 16.8 Å². The number of aliphatic imine (C=N–C) groups is 1. The van der Waals surface area contributed by atoms with Gasteiger partial charge in [0.25, 0.3) is 5.91 Å². The standard InChI is InChI=1S/C34H32ClN7O4S/c1-19-20(2)47-33-29(19)30(22-6-9-25(35)10-7-22)37-27(31-39-38-21(3)42(31)33)18-28(43)40-13-15-41(16-14-40)32(44)24-8-11-26(34(45)46)23(17-24)5-4-12-36/h6-11,17,27H,12-16,18,36H2,1-3H3,(H,45,46)/t27-/m0/s1. The molecule has 0 bridgehead atoms. The minimum atomic E-state index is -1.13. The van der Waals surface area contributed by atoms with Gasteiger partial charge in [-0.05, 0) is 56.7 Å². The number of piperazine rings is 1. The Labute approximate surface area is 280 Å². The molecule has 1 fully saturated rings. The van der Waals surface area contributed by atoms with E-state index in [1.54, 1.807) is 21.1 Å². The molecule has 2 aromatic heterocycles. The molecule has 11 nitrogen and oxygen atoms in total. The molecule has 1 saturated heterocycles. The third-order valence-electron chi connectivity index (χ3n) is 8.47. The first kappa shape index (κ1) is 32.1. The molecule has 2 aliphatic heterocycles. The van der Waals surface area contributed by atoms with E-state index in [9.17, 15) is 19.5 Å². The highest BCUT2D eigenvalue weighted by atomic mass is 35.5. The van der Waals surface area contributed by atoms with Crippen molar-refractivity contribution in [3.63, 3.8) is 0 Å². The molecule has 1 atom stereocenters. The van der Waals surface area contributed by atoms with Gasteiger partial charge in [-0.3, -0.25) is 19.1 Å². The average molecular weight is 670 g/mol. The summed E-state index contributed by atoms with van der Waals surface area (Å²) in [4.78, 5) is 48.6. The van der Waals surface area contributed by atoms with E-state index in [2.05, 4.69) is 35.9 Å². The maximum Gasteiger partial charge on any atom is 0.336 e. The van der Waals surface area contributed by atoms with Crippen molar-refractivity contribution in [2.24, 2.45) is 10.7 Å². The molecule has 0 saturated carbocycles. The monoisotopic (exact) mass is 669 g/mol. The van der Waals surface area contributed by atoms with E-state index < -0.39 is 12.0 Å². The van der Waals surface area contributed by atoms with E-state index in [4.69, 9.17) is 22.3 Å². The lowest BCUT2D eigenvalue weighted by molar-refractivity contribution is -0.133. The number of nitrogens with zero attached hydrogens (tertiary/aromatic N) is 6. The molecule has 2 aliphatic rings. The van der Waals surface area contributed by atoms with Crippen LogP contribution in [0.15, 0.2) is 47.5 Å². The number of benzene rings is 2. The van der Waals surface area contributed by atoms with Crippen LogP contribution in [0.25, 0.3) is 5.00 Å². The number of aromatic nitrogens is 3. The number of hydrogen-bond acceptors (Lipinski definition) is 8. The number of carboxylic acids is 1. The van der Waals surface area contributed by atoms with Crippen LogP contribution in [0.5, 0.6) is 0 Å². The molecule has 6 rings (SSSR count). The summed E-state index contributed by atoms with van der Waals surface area (Å²) in [7, 11) is 0. The van der Waals surface area contributed by atoms with Crippen molar-refractivity contribution in [2.45, 2.75) is 33.2 Å². The molecule has 0 aliphatic carbocycles. The summed E-state index contributed by atoms with van der Waals surface area (Å²) in [5.41, 5.74) is 9.80. The molecular formula is C34H32ClN7O4S. The number of amides is 2. The Bertz CT molecular complexity index is 2000. The van der Waals surface area contributed by atoms with Gasteiger partial charge < -0.3 is 20.6 Å². The average Bonchev–Trinajstić information content (AvgIpc) is 3.55. The molecule has 13 heteroatoms. The second-order valence-corrected chi connectivity index (χ2v) is 13.0. The Hall–Kier alpha value is -4.83. The van der Waals surface area contributed by atoms with E-state index in [0.29, 0.717) is 48.4 Å². The number of hydrogen-bond donors (Lipinski definition) is 2. The molecular weight excluding hydrogens is 638 g/mol. The minimum Gasteiger partial charge on any atom is -0.478 e. The predicted molar refractivity (Wildman–Crippen MR) is 180 cm³/mol. The zero-order valence-electron chi connectivity index (χ0n) is 26.1. The first-order chi connectivity index (χ1) is 22.6. The van der Waals surface area contributed by atoms with Crippen molar-refractivity contribution >= 4 is 46.4 Å². The Morgan fingerprint density at radius 3 is 2.40 bits per heavy atom. The van der Waals surface area contributed by atoms with Crippen molar-refractivity contribution < 1.29 is 19.5 Å². The van der Waals surface area contributed by atoms with Gasteiger partial charge in [0.15, 0.2) is 5.82 Å². The van der Waals surface area contributed by atoms with Crippen LogP contribution < -0.4 is 5.73 Å². The lowest BCUT2D eigenvalue weighted by Gasteiger charge is -2.35. The van der Waals surface area contributed by atoms with E-state index >= 15 is 0 Å². The van der Waals surface area contributed by atoms with Crippen molar-refractivity contribution in [1.29, 1.82) is 0 Å². The quantitative estimate of drug-likeness (QED) is 0.303. The van der Waals surface area contributed by atoms with Gasteiger partial charge in [-0.15, -0.1) is 21.5 Å². The summed E-state index contributed by atoms with van der Waals surface area (Å²) in [6.07, 6.45) is 0.0793. The smallest absolute Gasteiger partial charge is 0.336 e. The number of nitrogens with two attached hydrogens (primary N) is 1. The van der Waals surface area contributed by atoms with Crippen molar-refractivity contribution in [2.75, 3.05) is 32.7 Å². The zero-order chi connectivity index (χ0) is 33.4. The van der Waals surface area contributed by atoms with E-state index in [1.807, 2.05) is 35.8 Å². The van der Waals surface area contributed by atoms with Gasteiger partial charge in [0.05, 0.1) is 24.2 Å². The molecule has 4 aromatic rings. The molecule has 240 valence electrons. The SMILES string of the molecule is Cc1sc2c(c1C)C(c1ccc(Cl)cc1)=N[C@@H](CC(=O)N1CCN(C(=O)c3ccc(C(=O)O)c(C#CCN)c3)CC1)c1nnc(C)n1-2. The van der Waals surface area contributed by atoms with Gasteiger partial charge in [0.1, 0.15) is 16.9 Å². The van der Waals surface area contributed by atoms with Gasteiger partial charge in [-0.25, -0.2) is 4.79 Å². The highest BCUT2D eigenvalue weighted by molar-refractivity contribution is 7.15. The summed E-state index contributed by atoms with van der Waals surface area (Å²) < 4.78 is 2.02. The molecule has 47 heavy (non-hydrogen) atoms. The molecule has 2 aromatic carbocycles. The largest absolute Gasteiger partial charge is 0.478 e. The molecule has 0 spiro atoms. The Morgan fingerprint density at radius 1 is 1.02 bits per heavy atom. The third-order valence-corrected chi connectivity index (χ3v) is 9.91. The second-order valence-electron chi connectivity index (χ2n) is 11.4. The normalized spacial score (nSPS) is 15.6. The van der Waals surface area contributed by atoms with Crippen molar-refractivity contribution in [1.82, 2.24) is 24.6 Å². The number of aromatic carboxylic acids is 1. The minimum absolute atomic E-state index is 0.00433. The van der Waals surface area contributed by atoms with Gasteiger partial charge in [-0.1, -0.05) is 35.6 Å². The lowest BCUT2D eigenvalue weighted by atomic mass is 9.99. The summed E-state index contributed by atoms with van der Waals surface area (Å²) in [6.45, 7) is 7.46. The van der Waals surface area contributed by atoms with Gasteiger partial charge in [-0.2, -0.15) is 0 Å². The lowest BCUT2D eigenvalue weighted by Crippen LogP contribution is -2.50. The third kappa shape index (κ3) is 6.17. The van der Waals surface area contributed by atoms with Crippen LogP contribution in [0.1, 0.15) is 72.0 Å². The fourth-order valence-electron chi connectivity index (χ4n) is 5.88. The first-order valence-corrected chi connectivity index (χ1v) is 16.3. The molecule has 4 heterocycles. The number of aryl methyl sites for hydroxylation is 2. The van der Waals surface area contributed by atoms with Crippen LogP contribution in [-0.2, 0) is 4.79 Å². The van der Waals surface area contributed by atoms with E-state index in [-0.39, 0.29) is 35.9 Å². The summed E-state index contributed by atoms with van der Waals surface area (Å²) >= 11 is 7.87. The maximum atomic E-state index is 13.8. The van der Waals surface area contributed by atoms with Gasteiger partial charge >= 0.3 is 5.97 Å². The number of halogens is 1. The molecule has 2 amide bonds. The number of carbonyl (C=O) groups is 3. The fraction of sp³-hybridized carbons (Fsp3) is 0.294. The van der Waals surface area contributed by atoms with E-state index in [1.165, 1.54) is 18.2 Å². The maximum absolute atomic E-state index is 13.8. The summed E-state index contributed by atoms with van der Waals surface area (Å²) in [6, 6.07) is 11.3. The van der Waals surface area contributed by atoms with Crippen molar-refractivity contribution in [3.05, 3.63) is 97.4 Å². The Balaban J connectivity index is 1.23. The summed E-state index contributed by atoms with van der Waals surface area (Å²) in [5.74, 6) is 5.23.